The van der Waals surface area contributed by atoms with Gasteiger partial charge in [0.2, 0.25) is 11.6 Å². The highest BCUT2D eigenvalue weighted by molar-refractivity contribution is 8.04. The van der Waals surface area contributed by atoms with E-state index in [2.05, 4.69) is 4.90 Å². The number of hydrogen-bond donors (Lipinski definition) is 1. The number of hydrogen-bond acceptors (Lipinski definition) is 9. The minimum absolute atomic E-state index is 0.0934. The second kappa shape index (κ2) is 11.5. The van der Waals surface area contributed by atoms with E-state index in [-0.39, 0.29) is 13.2 Å². The summed E-state index contributed by atoms with van der Waals surface area (Å²) in [5.74, 6) is 0.208. The molecule has 6 rings (SSSR count). The summed E-state index contributed by atoms with van der Waals surface area (Å²) in [6.07, 6.45) is 0.0116. The minimum atomic E-state index is -0.735. The first kappa shape index (κ1) is 27.3. The Morgan fingerprint density at radius 2 is 1.71 bits per heavy atom. The lowest BCUT2D eigenvalue weighted by molar-refractivity contribution is -0.111. The number of allylic oxidation sites excluding steroid dienone is 1. The van der Waals surface area contributed by atoms with Crippen LogP contribution in [0.25, 0.3) is 5.76 Å². The standard InChI is InChI=1S/C32H29NO7S/c34-23(18-38-24-12-10-22(11-13-24)31(37)39-17-21-6-2-1-3-7-21)16-33-15-14-32(19-33)20-41-30-28(36)27(35)25-8-4-5-9-26(25)29(30)40-32/h1-13,23,34H,14-20H2/t23-,32?/m0/s1. The average molecular weight is 572 g/mol. The molecule has 0 aromatic heterocycles. The summed E-state index contributed by atoms with van der Waals surface area (Å²) in [6.45, 7) is 2.03. The number of β-amino-alcohol motifs (C(OH)–C–C–N with tert-alkyl or cyclic N) is 1. The normalized spacial score (nSPS) is 20.8. The predicted molar refractivity (Wildman–Crippen MR) is 154 cm³/mol. The first-order valence-electron chi connectivity index (χ1n) is 13.5. The highest BCUT2D eigenvalue weighted by Gasteiger charge is 2.48. The van der Waals surface area contributed by atoms with Gasteiger partial charge in [-0.15, -0.1) is 11.8 Å². The maximum atomic E-state index is 12.7. The number of benzene rings is 3. The van der Waals surface area contributed by atoms with Gasteiger partial charge in [0, 0.05) is 42.9 Å². The first-order chi connectivity index (χ1) is 19.9. The number of nitrogens with zero attached hydrogens (tertiary/aromatic N) is 1. The summed E-state index contributed by atoms with van der Waals surface area (Å²) < 4.78 is 17.6. The maximum absolute atomic E-state index is 12.7. The molecular weight excluding hydrogens is 542 g/mol. The van der Waals surface area contributed by atoms with E-state index in [9.17, 15) is 19.5 Å². The molecule has 1 saturated heterocycles. The van der Waals surface area contributed by atoms with Crippen LogP contribution in [0.15, 0.2) is 83.8 Å². The topological polar surface area (TPSA) is 102 Å². The first-order valence-corrected chi connectivity index (χ1v) is 14.5. The SMILES string of the molecule is O=C1C(=O)c2ccccc2C2=C1SCC1(CCN(C[C@H](O)COc3ccc(C(=O)OCc4ccccc4)cc3)C1)O2. The van der Waals surface area contributed by atoms with Crippen LogP contribution in [0.4, 0.5) is 0 Å². The van der Waals surface area contributed by atoms with Crippen molar-refractivity contribution in [1.29, 1.82) is 0 Å². The molecule has 0 bridgehead atoms. The second-order valence-corrected chi connectivity index (χ2v) is 11.5. The van der Waals surface area contributed by atoms with E-state index in [1.165, 1.54) is 11.8 Å². The molecule has 2 heterocycles. The molecule has 8 nitrogen and oxygen atoms in total. The van der Waals surface area contributed by atoms with E-state index in [0.29, 0.717) is 51.9 Å². The van der Waals surface area contributed by atoms with Crippen LogP contribution in [-0.4, -0.2) is 71.2 Å². The van der Waals surface area contributed by atoms with Gasteiger partial charge in [-0.25, -0.2) is 4.79 Å². The lowest BCUT2D eigenvalue weighted by atomic mass is 9.93. The number of ketones is 2. The summed E-state index contributed by atoms with van der Waals surface area (Å²) in [6, 6.07) is 23.2. The van der Waals surface area contributed by atoms with Crippen LogP contribution < -0.4 is 4.74 Å². The van der Waals surface area contributed by atoms with Crippen LogP contribution in [-0.2, 0) is 20.9 Å². The molecule has 2 atom stereocenters. The van der Waals surface area contributed by atoms with Gasteiger partial charge in [-0.1, -0.05) is 54.6 Å². The highest BCUT2D eigenvalue weighted by atomic mass is 32.2. The van der Waals surface area contributed by atoms with Gasteiger partial charge in [0.05, 0.1) is 5.56 Å². The van der Waals surface area contributed by atoms with E-state index >= 15 is 0 Å². The van der Waals surface area contributed by atoms with Crippen molar-refractivity contribution in [1.82, 2.24) is 4.90 Å². The van der Waals surface area contributed by atoms with Crippen molar-refractivity contribution in [3.63, 3.8) is 0 Å². The van der Waals surface area contributed by atoms with E-state index in [0.717, 1.165) is 18.5 Å². The predicted octanol–water partition coefficient (Wildman–Crippen LogP) is 4.13. The fourth-order valence-corrected chi connectivity index (χ4v) is 6.54. The van der Waals surface area contributed by atoms with Crippen molar-refractivity contribution in [2.24, 2.45) is 0 Å². The minimum Gasteiger partial charge on any atom is -0.491 e. The number of esters is 1. The Kier molecular flexibility index (Phi) is 7.66. The maximum Gasteiger partial charge on any atom is 0.338 e. The zero-order valence-corrected chi connectivity index (χ0v) is 23.1. The summed E-state index contributed by atoms with van der Waals surface area (Å²) >= 11 is 1.39. The molecule has 1 fully saturated rings. The quantitative estimate of drug-likeness (QED) is 0.316. The van der Waals surface area contributed by atoms with Gasteiger partial charge in [0.25, 0.3) is 0 Å². The number of Topliss-reactive ketones (excluding diaryl/α,β-unsaturated/α-hetero) is 2. The third-order valence-corrected chi connectivity index (χ3v) is 8.77. The lowest BCUT2D eigenvalue weighted by Gasteiger charge is -2.38. The van der Waals surface area contributed by atoms with Crippen molar-refractivity contribution in [3.05, 3.63) is 106 Å². The van der Waals surface area contributed by atoms with Crippen LogP contribution in [0, 0.1) is 0 Å². The Labute approximate surface area is 241 Å². The Bertz CT molecular complexity index is 1500. The summed E-state index contributed by atoms with van der Waals surface area (Å²) in [4.78, 5) is 40.0. The molecule has 210 valence electrons. The van der Waals surface area contributed by atoms with E-state index in [1.807, 2.05) is 42.5 Å². The van der Waals surface area contributed by atoms with Crippen molar-refractivity contribution < 1.29 is 33.7 Å². The van der Waals surface area contributed by atoms with Gasteiger partial charge in [0.15, 0.2) is 0 Å². The summed E-state index contributed by atoms with van der Waals surface area (Å²) in [5, 5.41) is 10.7. The van der Waals surface area contributed by atoms with Crippen LogP contribution in [0.1, 0.15) is 38.3 Å². The van der Waals surface area contributed by atoms with Crippen molar-refractivity contribution in [2.75, 3.05) is 32.0 Å². The van der Waals surface area contributed by atoms with E-state index in [1.54, 1.807) is 36.4 Å². The number of rotatable bonds is 8. The number of carbonyl (C=O) groups excluding carboxylic acids is 3. The Morgan fingerprint density at radius 3 is 2.49 bits per heavy atom. The number of likely N-dealkylation sites (tertiary alicyclic amines) is 1. The molecule has 0 saturated carbocycles. The van der Waals surface area contributed by atoms with Gasteiger partial charge in [-0.05, 0) is 29.8 Å². The number of carbonyl (C=O) groups is 3. The molecule has 41 heavy (non-hydrogen) atoms. The van der Waals surface area contributed by atoms with Crippen molar-refractivity contribution >= 4 is 35.1 Å². The van der Waals surface area contributed by atoms with Gasteiger partial charge in [-0.2, -0.15) is 0 Å². The summed E-state index contributed by atoms with van der Waals surface area (Å²) in [7, 11) is 0. The second-order valence-electron chi connectivity index (χ2n) is 10.5. The van der Waals surface area contributed by atoms with E-state index in [4.69, 9.17) is 14.2 Å². The van der Waals surface area contributed by atoms with Crippen LogP contribution in [0.3, 0.4) is 0 Å². The van der Waals surface area contributed by atoms with Gasteiger partial charge in [0.1, 0.15) is 41.3 Å². The fraction of sp³-hybridized carbons (Fsp3) is 0.281. The molecule has 0 radical (unpaired) electrons. The van der Waals surface area contributed by atoms with Crippen molar-refractivity contribution in [3.8, 4) is 5.75 Å². The molecule has 3 aromatic rings. The van der Waals surface area contributed by atoms with Crippen LogP contribution >= 0.6 is 11.8 Å². The summed E-state index contributed by atoms with van der Waals surface area (Å²) in [5.41, 5.74) is 1.89. The Hall–Kier alpha value is -3.92. The number of ether oxygens (including phenoxy) is 3. The molecular formula is C32H29NO7S. The third kappa shape index (κ3) is 5.79. The number of fused-ring (bicyclic) bond motifs is 2. The molecule has 1 aliphatic carbocycles. The molecule has 1 unspecified atom stereocenters. The largest absolute Gasteiger partial charge is 0.491 e. The molecule has 1 spiro atoms. The number of aliphatic hydroxyl groups is 1. The molecule has 3 aromatic carbocycles. The Balaban J connectivity index is 0.996. The van der Waals surface area contributed by atoms with Crippen molar-refractivity contribution in [2.45, 2.75) is 24.7 Å². The zero-order chi connectivity index (χ0) is 28.4. The third-order valence-electron chi connectivity index (χ3n) is 7.44. The van der Waals surface area contributed by atoms with Gasteiger partial charge < -0.3 is 19.3 Å². The molecule has 2 aliphatic heterocycles. The van der Waals surface area contributed by atoms with Crippen LogP contribution in [0.2, 0.25) is 0 Å². The molecule has 0 amide bonds. The fourth-order valence-electron chi connectivity index (χ4n) is 5.33. The molecule has 9 heteroatoms. The highest BCUT2D eigenvalue weighted by Crippen LogP contribution is 2.46. The van der Waals surface area contributed by atoms with E-state index < -0.39 is 29.2 Å². The van der Waals surface area contributed by atoms with Gasteiger partial charge in [-0.3, -0.25) is 14.5 Å². The molecule has 3 aliphatic rings. The smallest absolute Gasteiger partial charge is 0.338 e. The molecule has 1 N–H and O–H groups in total. The number of aliphatic hydroxyl groups excluding tert-OH is 1. The number of thioether (sulfide) groups is 1. The lowest BCUT2D eigenvalue weighted by Crippen LogP contribution is -2.44. The Morgan fingerprint density at radius 1 is 0.976 bits per heavy atom. The zero-order valence-electron chi connectivity index (χ0n) is 22.3. The van der Waals surface area contributed by atoms with Crippen LogP contribution in [0.5, 0.6) is 5.75 Å². The average Bonchev–Trinajstić information content (AvgIpc) is 3.39. The monoisotopic (exact) mass is 571 g/mol. The van der Waals surface area contributed by atoms with Gasteiger partial charge >= 0.3 is 5.97 Å².